The molecule has 0 spiro atoms. The number of aromatic nitrogens is 6. The van der Waals surface area contributed by atoms with Crippen LogP contribution in [0, 0.1) is 0 Å². The smallest absolute Gasteiger partial charge is 0.242 e. The van der Waals surface area contributed by atoms with Gasteiger partial charge in [0.2, 0.25) is 5.91 Å². The molecule has 1 fully saturated rings. The molecule has 3 aromatic rings. The fourth-order valence-corrected chi connectivity index (χ4v) is 3.47. The minimum absolute atomic E-state index is 0.0519. The minimum Gasteiger partial charge on any atom is -0.379 e. The van der Waals surface area contributed by atoms with E-state index in [4.69, 9.17) is 4.74 Å². The number of carbonyl (C=O) groups is 1. The van der Waals surface area contributed by atoms with Gasteiger partial charge in [-0.2, -0.15) is 5.10 Å². The number of nitrogens with one attached hydrogen (secondary N) is 1. The Morgan fingerprint density at radius 1 is 1.24 bits per heavy atom. The van der Waals surface area contributed by atoms with E-state index in [-0.39, 0.29) is 18.5 Å². The normalized spacial score (nSPS) is 15.9. The molecule has 0 aliphatic carbocycles. The molecule has 152 valence electrons. The van der Waals surface area contributed by atoms with Crippen molar-refractivity contribution in [2.75, 3.05) is 26.3 Å². The summed E-state index contributed by atoms with van der Waals surface area (Å²) in [6.45, 7) is 3.35. The summed E-state index contributed by atoms with van der Waals surface area (Å²) in [5, 5.41) is 19.2. The zero-order valence-electron chi connectivity index (χ0n) is 16.3. The predicted molar refractivity (Wildman–Crippen MR) is 104 cm³/mol. The van der Waals surface area contributed by atoms with E-state index in [0.717, 1.165) is 24.2 Å². The highest BCUT2D eigenvalue weighted by molar-refractivity contribution is 5.75. The highest BCUT2D eigenvalue weighted by Gasteiger charge is 2.29. The molecule has 0 bridgehead atoms. The van der Waals surface area contributed by atoms with E-state index in [2.05, 4.69) is 43.0 Å². The van der Waals surface area contributed by atoms with Crippen molar-refractivity contribution in [3.8, 4) is 0 Å². The van der Waals surface area contributed by atoms with Crippen molar-refractivity contribution < 1.29 is 9.53 Å². The first-order valence-corrected chi connectivity index (χ1v) is 9.58. The van der Waals surface area contributed by atoms with Gasteiger partial charge in [0.05, 0.1) is 25.5 Å². The van der Waals surface area contributed by atoms with Crippen molar-refractivity contribution in [3.05, 3.63) is 59.7 Å². The van der Waals surface area contributed by atoms with Gasteiger partial charge in [0.15, 0.2) is 5.82 Å². The summed E-state index contributed by atoms with van der Waals surface area (Å²) in [6, 6.07) is 9.95. The van der Waals surface area contributed by atoms with Crippen molar-refractivity contribution in [2.45, 2.75) is 19.1 Å². The van der Waals surface area contributed by atoms with Crippen LogP contribution in [0.5, 0.6) is 0 Å². The van der Waals surface area contributed by atoms with Gasteiger partial charge in [0.25, 0.3) is 0 Å². The number of ether oxygens (including phenoxy) is 1. The molecule has 0 radical (unpaired) electrons. The molecular weight excluding hydrogens is 372 g/mol. The Balaban J connectivity index is 1.51. The van der Waals surface area contributed by atoms with E-state index >= 15 is 0 Å². The fraction of sp³-hybridized carbons (Fsp3) is 0.421. The van der Waals surface area contributed by atoms with Gasteiger partial charge < -0.3 is 10.1 Å². The molecule has 1 aliphatic heterocycles. The Morgan fingerprint density at radius 2 is 2.03 bits per heavy atom. The quantitative estimate of drug-likeness (QED) is 0.606. The van der Waals surface area contributed by atoms with Crippen LogP contribution in [-0.4, -0.2) is 67.1 Å². The van der Waals surface area contributed by atoms with Crippen molar-refractivity contribution >= 4 is 5.91 Å². The van der Waals surface area contributed by atoms with Gasteiger partial charge >= 0.3 is 0 Å². The van der Waals surface area contributed by atoms with Gasteiger partial charge in [-0.15, -0.1) is 5.10 Å². The minimum atomic E-state index is -0.156. The number of amides is 1. The molecule has 1 aromatic carbocycles. The summed E-state index contributed by atoms with van der Waals surface area (Å²) in [5.74, 6) is 0.492. The Labute approximate surface area is 168 Å². The van der Waals surface area contributed by atoms with E-state index in [9.17, 15) is 4.79 Å². The number of hydrogen-bond acceptors (Lipinski definition) is 7. The van der Waals surface area contributed by atoms with Gasteiger partial charge in [-0.05, 0) is 16.0 Å². The summed E-state index contributed by atoms with van der Waals surface area (Å²) in [4.78, 5) is 14.8. The van der Waals surface area contributed by atoms with Gasteiger partial charge in [-0.25, -0.2) is 4.68 Å². The first kappa shape index (κ1) is 19.2. The third kappa shape index (κ3) is 4.66. The molecule has 1 saturated heterocycles. The van der Waals surface area contributed by atoms with Crippen molar-refractivity contribution in [1.82, 2.24) is 40.2 Å². The average Bonchev–Trinajstić information content (AvgIpc) is 3.37. The van der Waals surface area contributed by atoms with Crippen LogP contribution in [0.3, 0.4) is 0 Å². The highest BCUT2D eigenvalue weighted by Crippen LogP contribution is 2.27. The maximum absolute atomic E-state index is 12.5. The van der Waals surface area contributed by atoms with Crippen LogP contribution >= 0.6 is 0 Å². The van der Waals surface area contributed by atoms with Crippen LogP contribution in [0.4, 0.5) is 0 Å². The molecule has 1 unspecified atom stereocenters. The second-order valence-electron chi connectivity index (χ2n) is 6.96. The molecule has 10 heteroatoms. The van der Waals surface area contributed by atoms with E-state index in [1.165, 1.54) is 0 Å². The molecule has 10 nitrogen and oxygen atoms in total. The lowest BCUT2D eigenvalue weighted by molar-refractivity contribution is -0.122. The number of carbonyl (C=O) groups excluding carboxylic acids is 1. The molecular formula is C19H24N8O2. The Kier molecular flexibility index (Phi) is 5.92. The van der Waals surface area contributed by atoms with E-state index in [1.54, 1.807) is 15.6 Å². The lowest BCUT2D eigenvalue weighted by Gasteiger charge is -2.33. The number of rotatable bonds is 7. The second-order valence-corrected chi connectivity index (χ2v) is 6.96. The Hall–Kier alpha value is -3.11. The van der Waals surface area contributed by atoms with Crippen molar-refractivity contribution in [1.29, 1.82) is 0 Å². The lowest BCUT2D eigenvalue weighted by atomic mass is 10.0. The highest BCUT2D eigenvalue weighted by atomic mass is 16.5. The Morgan fingerprint density at radius 3 is 2.76 bits per heavy atom. The van der Waals surface area contributed by atoms with E-state index < -0.39 is 0 Å². The summed E-state index contributed by atoms with van der Waals surface area (Å²) in [6.07, 6.45) is 3.60. The molecule has 2 aromatic heterocycles. The van der Waals surface area contributed by atoms with Gasteiger partial charge in [0.1, 0.15) is 6.54 Å². The topological polar surface area (TPSA) is 103 Å². The monoisotopic (exact) mass is 396 g/mol. The number of hydrogen-bond donors (Lipinski definition) is 1. The molecule has 29 heavy (non-hydrogen) atoms. The van der Waals surface area contributed by atoms with Gasteiger partial charge in [-0.1, -0.05) is 30.3 Å². The van der Waals surface area contributed by atoms with Crippen molar-refractivity contribution in [2.24, 2.45) is 7.05 Å². The van der Waals surface area contributed by atoms with Crippen LogP contribution in [-0.2, 0) is 29.7 Å². The molecule has 1 aliphatic rings. The zero-order chi connectivity index (χ0) is 20.1. The predicted octanol–water partition coefficient (Wildman–Crippen LogP) is 0.145. The first-order chi connectivity index (χ1) is 14.2. The SMILES string of the molecule is Cn1cc(CNC(=O)Cn2nnnc2C(c2ccccc2)N2CCOCC2)cn1. The number of nitrogens with zero attached hydrogens (tertiary/aromatic N) is 7. The molecule has 0 saturated carbocycles. The van der Waals surface area contributed by atoms with Crippen LogP contribution in [0.15, 0.2) is 42.7 Å². The summed E-state index contributed by atoms with van der Waals surface area (Å²) < 4.78 is 8.78. The first-order valence-electron chi connectivity index (χ1n) is 9.58. The second kappa shape index (κ2) is 8.93. The summed E-state index contributed by atoms with van der Waals surface area (Å²) in [5.41, 5.74) is 2.02. The number of morpholine rings is 1. The molecule has 1 amide bonds. The maximum atomic E-state index is 12.5. The fourth-order valence-electron chi connectivity index (χ4n) is 3.47. The number of tetrazole rings is 1. The summed E-state index contributed by atoms with van der Waals surface area (Å²) >= 11 is 0. The zero-order valence-corrected chi connectivity index (χ0v) is 16.3. The van der Waals surface area contributed by atoms with Gasteiger partial charge in [-0.3, -0.25) is 14.4 Å². The molecule has 1 atom stereocenters. The van der Waals surface area contributed by atoms with Crippen molar-refractivity contribution in [3.63, 3.8) is 0 Å². The van der Waals surface area contributed by atoms with Crippen LogP contribution in [0.25, 0.3) is 0 Å². The lowest BCUT2D eigenvalue weighted by Crippen LogP contribution is -2.41. The molecule has 4 rings (SSSR count). The molecule has 3 heterocycles. The maximum Gasteiger partial charge on any atom is 0.242 e. The van der Waals surface area contributed by atoms with E-state index in [1.807, 2.05) is 31.4 Å². The number of aryl methyl sites for hydroxylation is 1. The number of benzene rings is 1. The standard InChI is InChI=1S/C19H24N8O2/c1-25-13-15(12-21-25)11-20-17(28)14-27-19(22-23-24-27)18(16-5-3-2-4-6-16)26-7-9-29-10-8-26/h2-6,12-13,18H,7-11,14H2,1H3,(H,20,28). The van der Waals surface area contributed by atoms with Crippen LogP contribution < -0.4 is 5.32 Å². The molecule has 1 N–H and O–H groups in total. The largest absolute Gasteiger partial charge is 0.379 e. The van der Waals surface area contributed by atoms with Crippen LogP contribution in [0.2, 0.25) is 0 Å². The van der Waals surface area contributed by atoms with Gasteiger partial charge in [0, 0.05) is 38.4 Å². The van der Waals surface area contributed by atoms with E-state index in [0.29, 0.717) is 25.6 Å². The Bertz CT molecular complexity index is 933. The van der Waals surface area contributed by atoms with Crippen LogP contribution in [0.1, 0.15) is 23.0 Å². The average molecular weight is 396 g/mol. The summed E-state index contributed by atoms with van der Waals surface area (Å²) in [7, 11) is 1.84. The third-order valence-electron chi connectivity index (χ3n) is 4.87. The third-order valence-corrected chi connectivity index (χ3v) is 4.87.